The van der Waals surface area contributed by atoms with Crippen LogP contribution in [-0.2, 0) is 4.79 Å². The highest BCUT2D eigenvalue weighted by atomic mass is 32.1. The minimum Gasteiger partial charge on any atom is -0.480 e. The van der Waals surface area contributed by atoms with Crippen molar-refractivity contribution in [3.63, 3.8) is 0 Å². The summed E-state index contributed by atoms with van der Waals surface area (Å²) in [6.45, 7) is 3.89. The van der Waals surface area contributed by atoms with Gasteiger partial charge in [-0.1, -0.05) is 20.3 Å². The molecule has 0 unspecified atom stereocenters. The van der Waals surface area contributed by atoms with E-state index in [4.69, 9.17) is 0 Å². The van der Waals surface area contributed by atoms with Crippen molar-refractivity contribution < 1.29 is 9.90 Å². The molecule has 2 aromatic heterocycles. The van der Waals surface area contributed by atoms with Crippen molar-refractivity contribution in [2.75, 3.05) is 5.32 Å². The third kappa shape index (κ3) is 2.43. The summed E-state index contributed by atoms with van der Waals surface area (Å²) in [5, 5.41) is 15.1. The van der Waals surface area contributed by atoms with Gasteiger partial charge >= 0.3 is 5.97 Å². The van der Waals surface area contributed by atoms with Gasteiger partial charge in [0.05, 0.1) is 5.39 Å². The molecule has 0 saturated heterocycles. The molecular weight excluding hydrogens is 250 g/mol. The summed E-state index contributed by atoms with van der Waals surface area (Å²) in [6, 6.07) is 1.27. The van der Waals surface area contributed by atoms with Gasteiger partial charge in [0.25, 0.3) is 0 Å². The largest absolute Gasteiger partial charge is 0.480 e. The molecule has 18 heavy (non-hydrogen) atoms. The van der Waals surface area contributed by atoms with Crippen molar-refractivity contribution in [2.24, 2.45) is 5.92 Å². The summed E-state index contributed by atoms with van der Waals surface area (Å²) in [5.41, 5.74) is 0. The zero-order valence-corrected chi connectivity index (χ0v) is 11.1. The number of nitrogens with zero attached hydrogens (tertiary/aromatic N) is 2. The SMILES string of the molecule is CC[C@H](C)[C@H](Nc1ncnc2sccc12)C(=O)O. The van der Waals surface area contributed by atoms with Crippen LogP contribution in [0.25, 0.3) is 10.2 Å². The highest BCUT2D eigenvalue weighted by molar-refractivity contribution is 7.16. The van der Waals surface area contributed by atoms with Gasteiger partial charge in [0, 0.05) is 0 Å². The number of carbonyl (C=O) groups is 1. The Morgan fingerprint density at radius 3 is 3.00 bits per heavy atom. The summed E-state index contributed by atoms with van der Waals surface area (Å²) in [4.78, 5) is 20.4. The first-order valence-electron chi connectivity index (χ1n) is 5.81. The van der Waals surface area contributed by atoms with E-state index in [-0.39, 0.29) is 5.92 Å². The van der Waals surface area contributed by atoms with E-state index < -0.39 is 12.0 Å². The molecule has 0 fully saturated rings. The zero-order valence-electron chi connectivity index (χ0n) is 10.3. The minimum atomic E-state index is -0.855. The number of nitrogens with one attached hydrogen (secondary N) is 1. The average Bonchev–Trinajstić information content (AvgIpc) is 2.83. The van der Waals surface area contributed by atoms with Crippen molar-refractivity contribution in [2.45, 2.75) is 26.3 Å². The number of hydrogen-bond acceptors (Lipinski definition) is 5. The van der Waals surface area contributed by atoms with Gasteiger partial charge in [0.15, 0.2) is 0 Å². The molecule has 0 aromatic carbocycles. The fraction of sp³-hybridized carbons (Fsp3) is 0.417. The third-order valence-corrected chi connectivity index (χ3v) is 3.85. The second kappa shape index (κ2) is 5.30. The Morgan fingerprint density at radius 2 is 2.33 bits per heavy atom. The summed E-state index contributed by atoms with van der Waals surface area (Å²) >= 11 is 1.51. The average molecular weight is 265 g/mol. The van der Waals surface area contributed by atoms with Crippen molar-refractivity contribution >= 4 is 33.3 Å². The summed E-state index contributed by atoms with van der Waals surface area (Å²) < 4.78 is 0. The van der Waals surface area contributed by atoms with Gasteiger partial charge in [-0.05, 0) is 17.4 Å². The van der Waals surface area contributed by atoms with Crippen LogP contribution in [0, 0.1) is 5.92 Å². The van der Waals surface area contributed by atoms with E-state index in [1.807, 2.05) is 25.3 Å². The lowest BCUT2D eigenvalue weighted by Crippen LogP contribution is -2.35. The summed E-state index contributed by atoms with van der Waals surface area (Å²) in [7, 11) is 0. The molecule has 2 heterocycles. The predicted octanol–water partition coefficient (Wildman–Crippen LogP) is 2.60. The molecule has 6 heteroatoms. The molecule has 0 saturated carbocycles. The number of carboxylic acid groups (broad SMARTS) is 1. The maximum Gasteiger partial charge on any atom is 0.326 e. The van der Waals surface area contributed by atoms with E-state index in [9.17, 15) is 9.90 Å². The molecule has 0 amide bonds. The fourth-order valence-electron chi connectivity index (χ4n) is 1.74. The van der Waals surface area contributed by atoms with E-state index in [0.29, 0.717) is 5.82 Å². The molecule has 0 aliphatic carbocycles. The number of hydrogen-bond donors (Lipinski definition) is 2. The van der Waals surface area contributed by atoms with Crippen molar-refractivity contribution in [1.29, 1.82) is 0 Å². The normalized spacial score (nSPS) is 14.3. The minimum absolute atomic E-state index is 0.0335. The van der Waals surface area contributed by atoms with E-state index >= 15 is 0 Å². The van der Waals surface area contributed by atoms with Crippen LogP contribution in [0.15, 0.2) is 17.8 Å². The second-order valence-electron chi connectivity index (χ2n) is 4.21. The number of thiophene rings is 1. The highest BCUT2D eigenvalue weighted by Gasteiger charge is 2.24. The molecule has 2 N–H and O–H groups in total. The first-order chi connectivity index (χ1) is 8.63. The number of anilines is 1. The number of aromatic nitrogens is 2. The van der Waals surface area contributed by atoms with Gasteiger partial charge in [-0.15, -0.1) is 11.3 Å². The van der Waals surface area contributed by atoms with Gasteiger partial charge in [0.2, 0.25) is 0 Å². The van der Waals surface area contributed by atoms with E-state index in [0.717, 1.165) is 16.6 Å². The Kier molecular flexibility index (Phi) is 3.76. The molecule has 0 aliphatic heterocycles. The Balaban J connectivity index is 2.31. The van der Waals surface area contributed by atoms with Crippen LogP contribution in [0.5, 0.6) is 0 Å². The zero-order chi connectivity index (χ0) is 13.1. The monoisotopic (exact) mass is 265 g/mol. The van der Waals surface area contributed by atoms with Gasteiger partial charge in [-0.2, -0.15) is 0 Å². The molecule has 96 valence electrons. The molecule has 5 nitrogen and oxygen atoms in total. The lowest BCUT2D eigenvalue weighted by Gasteiger charge is -2.20. The maximum absolute atomic E-state index is 11.3. The van der Waals surface area contributed by atoms with Crippen LogP contribution in [0.1, 0.15) is 20.3 Å². The molecule has 0 aliphatic rings. The quantitative estimate of drug-likeness (QED) is 0.869. The van der Waals surface area contributed by atoms with Crippen LogP contribution < -0.4 is 5.32 Å². The fourth-order valence-corrected chi connectivity index (χ4v) is 2.47. The smallest absolute Gasteiger partial charge is 0.326 e. The molecular formula is C12H15N3O2S. The number of aliphatic carboxylic acids is 1. The van der Waals surface area contributed by atoms with Crippen LogP contribution in [-0.4, -0.2) is 27.1 Å². The Bertz CT molecular complexity index is 555. The molecule has 0 spiro atoms. The van der Waals surface area contributed by atoms with Gasteiger partial charge in [0.1, 0.15) is 23.0 Å². The van der Waals surface area contributed by atoms with Gasteiger partial charge < -0.3 is 10.4 Å². The van der Waals surface area contributed by atoms with Crippen LogP contribution in [0.3, 0.4) is 0 Å². The first-order valence-corrected chi connectivity index (χ1v) is 6.69. The van der Waals surface area contributed by atoms with Crippen LogP contribution in [0.4, 0.5) is 5.82 Å². The lowest BCUT2D eigenvalue weighted by molar-refractivity contribution is -0.139. The molecule has 2 atom stereocenters. The summed E-state index contributed by atoms with van der Waals surface area (Å²) in [5.74, 6) is -0.230. The Hall–Kier alpha value is -1.69. The van der Waals surface area contributed by atoms with E-state index in [1.165, 1.54) is 17.7 Å². The van der Waals surface area contributed by atoms with Crippen LogP contribution >= 0.6 is 11.3 Å². The number of carboxylic acids is 1. The van der Waals surface area contributed by atoms with Gasteiger partial charge in [-0.3, -0.25) is 0 Å². The summed E-state index contributed by atoms with van der Waals surface area (Å²) in [6.07, 6.45) is 2.25. The second-order valence-corrected chi connectivity index (χ2v) is 5.10. The number of fused-ring (bicyclic) bond motifs is 1. The lowest BCUT2D eigenvalue weighted by atomic mass is 9.99. The molecule has 2 aromatic rings. The van der Waals surface area contributed by atoms with Crippen LogP contribution in [0.2, 0.25) is 0 Å². The van der Waals surface area contributed by atoms with Crippen molar-refractivity contribution in [3.8, 4) is 0 Å². The molecule has 0 radical (unpaired) electrons. The molecule has 0 bridgehead atoms. The van der Waals surface area contributed by atoms with E-state index in [2.05, 4.69) is 15.3 Å². The topological polar surface area (TPSA) is 75.1 Å². The Morgan fingerprint density at radius 1 is 1.56 bits per heavy atom. The number of rotatable bonds is 5. The van der Waals surface area contributed by atoms with E-state index in [1.54, 1.807) is 0 Å². The predicted molar refractivity (Wildman–Crippen MR) is 71.9 cm³/mol. The third-order valence-electron chi connectivity index (χ3n) is 3.03. The van der Waals surface area contributed by atoms with Crippen molar-refractivity contribution in [1.82, 2.24) is 9.97 Å². The first kappa shape index (κ1) is 12.8. The highest BCUT2D eigenvalue weighted by Crippen LogP contribution is 2.25. The Labute approximate surface area is 109 Å². The maximum atomic E-state index is 11.3. The molecule has 2 rings (SSSR count). The standard InChI is InChI=1S/C12H15N3O2S/c1-3-7(2)9(12(16)17)15-10-8-4-5-18-11(8)14-6-13-10/h4-7,9H,3H2,1-2H3,(H,16,17)(H,13,14,15)/t7-,9-/m0/s1. The van der Waals surface area contributed by atoms with Crippen molar-refractivity contribution in [3.05, 3.63) is 17.8 Å². The van der Waals surface area contributed by atoms with Gasteiger partial charge in [-0.25, -0.2) is 14.8 Å².